The summed E-state index contributed by atoms with van der Waals surface area (Å²) in [6, 6.07) is 5.51. The number of fused-ring (bicyclic) bond motifs is 1. The molecule has 120 valence electrons. The second-order valence-corrected chi connectivity index (χ2v) is 5.71. The molecule has 2 amide bonds. The van der Waals surface area contributed by atoms with Crippen LogP contribution in [0.5, 0.6) is 0 Å². The first kappa shape index (κ1) is 15.2. The van der Waals surface area contributed by atoms with Gasteiger partial charge in [0.05, 0.1) is 24.2 Å². The van der Waals surface area contributed by atoms with Gasteiger partial charge in [-0.2, -0.15) is 0 Å². The molecule has 1 aliphatic heterocycles. The van der Waals surface area contributed by atoms with Gasteiger partial charge in [0.2, 0.25) is 0 Å². The highest BCUT2D eigenvalue weighted by molar-refractivity contribution is 6.17. The number of aliphatic hydroxyl groups excluding tert-OH is 1. The molecule has 0 fully saturated rings. The number of aromatic amines is 1. The van der Waals surface area contributed by atoms with Crippen LogP contribution in [0, 0.1) is 0 Å². The summed E-state index contributed by atoms with van der Waals surface area (Å²) < 4.78 is 0. The number of nitrogens with one attached hydrogen (secondary N) is 2. The van der Waals surface area contributed by atoms with Crippen LogP contribution in [0.2, 0.25) is 0 Å². The molecule has 23 heavy (non-hydrogen) atoms. The lowest BCUT2D eigenvalue weighted by Gasteiger charge is -2.13. The summed E-state index contributed by atoms with van der Waals surface area (Å²) in [4.78, 5) is 32.6. The van der Waals surface area contributed by atoms with E-state index >= 15 is 0 Å². The van der Waals surface area contributed by atoms with E-state index in [1.54, 1.807) is 6.07 Å². The van der Waals surface area contributed by atoms with Crippen molar-refractivity contribution in [2.45, 2.75) is 19.8 Å². The summed E-state index contributed by atoms with van der Waals surface area (Å²) in [7, 11) is 0. The zero-order valence-corrected chi connectivity index (χ0v) is 13.0. The average Bonchev–Trinajstić information content (AvgIpc) is 3.04. The van der Waals surface area contributed by atoms with E-state index in [1.807, 2.05) is 12.1 Å². The van der Waals surface area contributed by atoms with Gasteiger partial charge in [0.15, 0.2) is 0 Å². The van der Waals surface area contributed by atoms with Crippen LogP contribution in [-0.4, -0.2) is 44.9 Å². The highest BCUT2D eigenvalue weighted by atomic mass is 16.3. The first-order valence-corrected chi connectivity index (χ1v) is 7.44. The van der Waals surface area contributed by atoms with Gasteiger partial charge in [-0.3, -0.25) is 14.5 Å². The van der Waals surface area contributed by atoms with Crippen LogP contribution in [0.15, 0.2) is 30.0 Å². The Labute approximate surface area is 133 Å². The van der Waals surface area contributed by atoms with Crippen molar-refractivity contribution >= 4 is 28.5 Å². The Morgan fingerprint density at radius 1 is 1.35 bits per heavy atom. The molecule has 0 unspecified atom stereocenters. The second-order valence-electron chi connectivity index (χ2n) is 5.71. The van der Waals surface area contributed by atoms with Gasteiger partial charge < -0.3 is 15.4 Å². The van der Waals surface area contributed by atoms with Gasteiger partial charge in [0.1, 0.15) is 11.5 Å². The lowest BCUT2D eigenvalue weighted by Crippen LogP contribution is -2.34. The molecule has 0 atom stereocenters. The van der Waals surface area contributed by atoms with Gasteiger partial charge in [-0.25, -0.2) is 4.98 Å². The molecular weight excluding hydrogens is 296 g/mol. The number of β-amino-alcohol motifs (C(OH)–C–C–N with tert-alkyl or cyclic N) is 1. The van der Waals surface area contributed by atoms with E-state index in [2.05, 4.69) is 29.1 Å². The van der Waals surface area contributed by atoms with Crippen LogP contribution >= 0.6 is 0 Å². The van der Waals surface area contributed by atoms with Crippen LogP contribution in [0.1, 0.15) is 25.6 Å². The van der Waals surface area contributed by atoms with E-state index < -0.39 is 11.8 Å². The zero-order chi connectivity index (χ0) is 16.6. The van der Waals surface area contributed by atoms with Gasteiger partial charge in [-0.05, 0) is 18.2 Å². The first-order chi connectivity index (χ1) is 11.0. The van der Waals surface area contributed by atoms with Crippen LogP contribution in [0.4, 0.5) is 5.69 Å². The van der Waals surface area contributed by atoms with Gasteiger partial charge in [0.25, 0.3) is 11.8 Å². The van der Waals surface area contributed by atoms with Crippen LogP contribution in [-0.2, 0) is 9.59 Å². The van der Waals surface area contributed by atoms with Crippen molar-refractivity contribution in [3.63, 3.8) is 0 Å². The number of imide groups is 1. The molecule has 1 aromatic heterocycles. The topological polar surface area (TPSA) is 98.3 Å². The summed E-state index contributed by atoms with van der Waals surface area (Å²) in [6.07, 6.45) is 1.24. The lowest BCUT2D eigenvalue weighted by molar-refractivity contribution is -0.137. The van der Waals surface area contributed by atoms with Gasteiger partial charge in [-0.1, -0.05) is 13.8 Å². The molecule has 0 bridgehead atoms. The third-order valence-electron chi connectivity index (χ3n) is 3.66. The van der Waals surface area contributed by atoms with Gasteiger partial charge in [0, 0.05) is 17.7 Å². The predicted molar refractivity (Wildman–Crippen MR) is 85.7 cm³/mol. The summed E-state index contributed by atoms with van der Waals surface area (Å²) in [5.74, 6) is 0.341. The number of benzene rings is 1. The monoisotopic (exact) mass is 314 g/mol. The molecule has 0 spiro atoms. The zero-order valence-electron chi connectivity index (χ0n) is 13.0. The van der Waals surface area contributed by atoms with Crippen LogP contribution < -0.4 is 5.32 Å². The van der Waals surface area contributed by atoms with E-state index in [9.17, 15) is 9.59 Å². The fourth-order valence-corrected chi connectivity index (χ4v) is 2.45. The maximum Gasteiger partial charge on any atom is 0.277 e. The number of rotatable bonds is 5. The number of aromatic nitrogens is 2. The summed E-state index contributed by atoms with van der Waals surface area (Å²) in [5.41, 5.74) is 2.60. The Hall–Kier alpha value is -2.67. The number of nitrogens with zero attached hydrogens (tertiary/aromatic N) is 2. The number of imidazole rings is 1. The SMILES string of the molecule is CC(C)c1nc2ccc(NC3=CC(=O)N(CCO)C3=O)cc2[nH]1. The minimum Gasteiger partial charge on any atom is -0.395 e. The molecule has 3 rings (SSSR count). The standard InChI is InChI=1S/C16H18N4O3/c1-9(2)15-18-11-4-3-10(7-12(11)19-15)17-13-8-14(22)20(5-6-21)16(13)23/h3-4,7-9,17,21H,5-6H2,1-2H3,(H,18,19). The second kappa shape index (κ2) is 5.85. The Morgan fingerprint density at radius 3 is 2.83 bits per heavy atom. The highest BCUT2D eigenvalue weighted by Gasteiger charge is 2.30. The van der Waals surface area contributed by atoms with Crippen molar-refractivity contribution in [3.8, 4) is 0 Å². The van der Waals surface area contributed by atoms with Crippen molar-refractivity contribution in [1.29, 1.82) is 0 Å². The van der Waals surface area contributed by atoms with Gasteiger partial charge in [-0.15, -0.1) is 0 Å². The summed E-state index contributed by atoms with van der Waals surface area (Å²) in [5, 5.41) is 11.9. The summed E-state index contributed by atoms with van der Waals surface area (Å²) in [6.45, 7) is 3.85. The smallest absolute Gasteiger partial charge is 0.277 e. The van der Waals surface area contributed by atoms with E-state index in [0.29, 0.717) is 11.6 Å². The fraction of sp³-hybridized carbons (Fsp3) is 0.312. The van der Waals surface area contributed by atoms with Crippen molar-refractivity contribution in [3.05, 3.63) is 35.8 Å². The first-order valence-electron chi connectivity index (χ1n) is 7.44. The molecule has 1 aliphatic rings. The minimum atomic E-state index is -0.434. The fourth-order valence-electron chi connectivity index (χ4n) is 2.45. The molecule has 0 saturated heterocycles. The Bertz CT molecular complexity index is 807. The maximum atomic E-state index is 12.1. The number of amides is 2. The molecule has 0 radical (unpaired) electrons. The number of aliphatic hydroxyl groups is 1. The highest BCUT2D eigenvalue weighted by Crippen LogP contribution is 2.23. The largest absolute Gasteiger partial charge is 0.395 e. The van der Waals surface area contributed by atoms with Gasteiger partial charge >= 0.3 is 0 Å². The van der Waals surface area contributed by atoms with E-state index in [-0.39, 0.29) is 18.8 Å². The normalized spacial score (nSPS) is 15.0. The number of hydrogen-bond acceptors (Lipinski definition) is 5. The molecule has 7 nitrogen and oxygen atoms in total. The van der Waals surface area contributed by atoms with Crippen molar-refractivity contribution in [2.75, 3.05) is 18.5 Å². The molecule has 0 saturated carbocycles. The number of H-pyrrole nitrogens is 1. The molecule has 0 aliphatic carbocycles. The molecule has 2 aromatic rings. The average molecular weight is 314 g/mol. The number of carbonyl (C=O) groups excluding carboxylic acids is 2. The van der Waals surface area contributed by atoms with Crippen LogP contribution in [0.3, 0.4) is 0 Å². The third kappa shape index (κ3) is 2.83. The molecule has 2 heterocycles. The Balaban J connectivity index is 1.83. The maximum absolute atomic E-state index is 12.1. The quantitative estimate of drug-likeness (QED) is 0.724. The van der Waals surface area contributed by atoms with E-state index in [4.69, 9.17) is 5.11 Å². The molecular formula is C16H18N4O3. The van der Waals surface area contributed by atoms with Crippen molar-refractivity contribution < 1.29 is 14.7 Å². The molecule has 1 aromatic carbocycles. The molecule has 7 heteroatoms. The number of carbonyl (C=O) groups is 2. The van der Waals surface area contributed by atoms with Crippen LogP contribution in [0.25, 0.3) is 11.0 Å². The summed E-state index contributed by atoms with van der Waals surface area (Å²) >= 11 is 0. The van der Waals surface area contributed by atoms with Crippen molar-refractivity contribution in [2.24, 2.45) is 0 Å². The number of anilines is 1. The number of hydrogen-bond donors (Lipinski definition) is 3. The third-order valence-corrected chi connectivity index (χ3v) is 3.66. The minimum absolute atomic E-state index is 0.00330. The lowest BCUT2D eigenvalue weighted by atomic mass is 10.2. The molecule has 3 N–H and O–H groups in total. The van der Waals surface area contributed by atoms with E-state index in [0.717, 1.165) is 21.8 Å². The van der Waals surface area contributed by atoms with E-state index in [1.165, 1.54) is 6.08 Å². The Kier molecular flexibility index (Phi) is 3.87. The predicted octanol–water partition coefficient (Wildman–Crippen LogP) is 1.34. The van der Waals surface area contributed by atoms with Crippen molar-refractivity contribution in [1.82, 2.24) is 14.9 Å². The Morgan fingerprint density at radius 2 is 2.13 bits per heavy atom.